The molecule has 8 heteroatoms. The summed E-state index contributed by atoms with van der Waals surface area (Å²) < 4.78 is 33.9. The van der Waals surface area contributed by atoms with Crippen LogP contribution in [0.15, 0.2) is 47.0 Å². The lowest BCUT2D eigenvalue weighted by atomic mass is 10.1. The standard InChI is InChI=1S/C20H25NO5S2/c1-4-28(23,24)12-9-20(22)21(14-17-8-11-27-15-17)10-7-16-5-6-18(25-2)19(13-16)26-3/h4-6,8,11,13,15H,1,7,9-10,12,14H2,2-3H3. The van der Waals surface area contributed by atoms with Gasteiger partial charge in [-0.1, -0.05) is 12.6 Å². The SMILES string of the molecule is C=CS(=O)(=O)CCC(=O)N(CCc1ccc(OC)c(OC)c1)Cc1ccsc1. The maximum absolute atomic E-state index is 12.7. The van der Waals surface area contributed by atoms with Crippen molar-refractivity contribution in [3.63, 3.8) is 0 Å². The first kappa shape index (κ1) is 22.0. The number of carbonyl (C=O) groups excluding carboxylic acids is 1. The third-order valence-corrected chi connectivity index (χ3v) is 6.29. The number of rotatable bonds is 11. The van der Waals surface area contributed by atoms with E-state index in [1.54, 1.807) is 30.5 Å². The largest absolute Gasteiger partial charge is 0.493 e. The summed E-state index contributed by atoms with van der Waals surface area (Å²) in [6.45, 7) is 4.21. The predicted molar refractivity (Wildman–Crippen MR) is 112 cm³/mol. The minimum absolute atomic E-state index is 0.0651. The number of hydrogen-bond donors (Lipinski definition) is 0. The summed E-state index contributed by atoms with van der Waals surface area (Å²) in [5.74, 6) is 0.850. The van der Waals surface area contributed by atoms with E-state index in [0.29, 0.717) is 31.0 Å². The smallest absolute Gasteiger partial charge is 0.223 e. The van der Waals surface area contributed by atoms with Crippen molar-refractivity contribution >= 4 is 27.1 Å². The number of thiophene rings is 1. The van der Waals surface area contributed by atoms with E-state index in [0.717, 1.165) is 16.5 Å². The molecule has 2 rings (SSSR count). The van der Waals surface area contributed by atoms with Gasteiger partial charge in [-0.05, 0) is 46.5 Å². The van der Waals surface area contributed by atoms with E-state index >= 15 is 0 Å². The molecule has 0 spiro atoms. The molecule has 0 saturated heterocycles. The van der Waals surface area contributed by atoms with Crippen LogP contribution < -0.4 is 9.47 Å². The molecule has 152 valence electrons. The monoisotopic (exact) mass is 423 g/mol. The fourth-order valence-electron chi connectivity index (χ4n) is 2.67. The number of nitrogens with zero attached hydrogens (tertiary/aromatic N) is 1. The molecule has 0 N–H and O–H groups in total. The highest BCUT2D eigenvalue weighted by molar-refractivity contribution is 7.94. The summed E-state index contributed by atoms with van der Waals surface area (Å²) in [6, 6.07) is 7.60. The van der Waals surface area contributed by atoms with Crippen molar-refractivity contribution in [2.45, 2.75) is 19.4 Å². The highest BCUT2D eigenvalue weighted by atomic mass is 32.2. The van der Waals surface area contributed by atoms with Gasteiger partial charge in [-0.2, -0.15) is 11.3 Å². The number of amides is 1. The lowest BCUT2D eigenvalue weighted by Crippen LogP contribution is -2.33. The van der Waals surface area contributed by atoms with Crippen LogP contribution in [-0.2, 0) is 27.6 Å². The Morgan fingerprint density at radius 3 is 2.54 bits per heavy atom. The number of hydrogen-bond acceptors (Lipinski definition) is 6. The first-order valence-corrected chi connectivity index (χ1v) is 11.4. The number of sulfone groups is 1. The van der Waals surface area contributed by atoms with Crippen LogP contribution in [0.25, 0.3) is 0 Å². The van der Waals surface area contributed by atoms with Gasteiger partial charge in [-0.25, -0.2) is 8.42 Å². The van der Waals surface area contributed by atoms with E-state index in [2.05, 4.69) is 6.58 Å². The van der Waals surface area contributed by atoms with Gasteiger partial charge >= 0.3 is 0 Å². The van der Waals surface area contributed by atoms with Gasteiger partial charge in [-0.15, -0.1) is 0 Å². The molecule has 0 saturated carbocycles. The van der Waals surface area contributed by atoms with Gasteiger partial charge in [0.05, 0.1) is 20.0 Å². The lowest BCUT2D eigenvalue weighted by Gasteiger charge is -2.22. The molecule has 0 bridgehead atoms. The van der Waals surface area contributed by atoms with E-state index in [1.807, 2.05) is 35.0 Å². The van der Waals surface area contributed by atoms with E-state index in [9.17, 15) is 13.2 Å². The van der Waals surface area contributed by atoms with Crippen LogP contribution in [-0.4, -0.2) is 45.7 Å². The summed E-state index contributed by atoms with van der Waals surface area (Å²) in [7, 11) is -0.249. The van der Waals surface area contributed by atoms with Crippen LogP contribution in [0.5, 0.6) is 11.5 Å². The van der Waals surface area contributed by atoms with Gasteiger partial charge in [0.25, 0.3) is 0 Å². The number of benzene rings is 1. The molecule has 1 heterocycles. The van der Waals surface area contributed by atoms with Crippen LogP contribution in [0, 0.1) is 0 Å². The average Bonchev–Trinajstić information content (AvgIpc) is 3.22. The lowest BCUT2D eigenvalue weighted by molar-refractivity contribution is -0.131. The highest BCUT2D eigenvalue weighted by Crippen LogP contribution is 2.27. The topological polar surface area (TPSA) is 72.9 Å². The Morgan fingerprint density at radius 1 is 1.18 bits per heavy atom. The van der Waals surface area contributed by atoms with Crippen molar-refractivity contribution in [2.24, 2.45) is 0 Å². The fraction of sp³-hybridized carbons (Fsp3) is 0.350. The molecule has 1 aromatic heterocycles. The van der Waals surface area contributed by atoms with E-state index in [-0.39, 0.29) is 18.1 Å². The van der Waals surface area contributed by atoms with Gasteiger partial charge in [-0.3, -0.25) is 4.79 Å². The molecule has 0 fully saturated rings. The zero-order valence-corrected chi connectivity index (χ0v) is 17.7. The first-order chi connectivity index (χ1) is 13.4. The van der Waals surface area contributed by atoms with Crippen LogP contribution in [0.4, 0.5) is 0 Å². The Balaban J connectivity index is 2.09. The van der Waals surface area contributed by atoms with E-state index < -0.39 is 9.84 Å². The molecular formula is C20H25NO5S2. The Hall–Kier alpha value is -2.32. The van der Waals surface area contributed by atoms with Gasteiger partial charge < -0.3 is 14.4 Å². The second kappa shape index (κ2) is 10.3. The van der Waals surface area contributed by atoms with Crippen LogP contribution in [0.3, 0.4) is 0 Å². The maximum Gasteiger partial charge on any atom is 0.223 e. The van der Waals surface area contributed by atoms with Crippen molar-refractivity contribution in [3.05, 3.63) is 58.1 Å². The number of methoxy groups -OCH3 is 2. The predicted octanol–water partition coefficient (Wildman–Crippen LogP) is 3.29. The molecular weight excluding hydrogens is 398 g/mol. The molecule has 1 aromatic carbocycles. The molecule has 0 aliphatic rings. The van der Waals surface area contributed by atoms with Crippen molar-refractivity contribution in [3.8, 4) is 11.5 Å². The summed E-state index contributed by atoms with van der Waals surface area (Å²) in [5, 5.41) is 4.83. The van der Waals surface area contributed by atoms with Crippen LogP contribution in [0.1, 0.15) is 17.5 Å². The Kier molecular flexibility index (Phi) is 8.07. The number of ether oxygens (including phenoxy) is 2. The quantitative estimate of drug-likeness (QED) is 0.555. The Morgan fingerprint density at radius 2 is 1.93 bits per heavy atom. The Labute approximate surface area is 170 Å². The molecule has 0 aliphatic carbocycles. The van der Waals surface area contributed by atoms with Gasteiger partial charge in [0.2, 0.25) is 5.91 Å². The fourth-order valence-corrected chi connectivity index (χ4v) is 3.95. The zero-order chi connectivity index (χ0) is 20.6. The number of carbonyl (C=O) groups is 1. The second-order valence-electron chi connectivity index (χ2n) is 6.17. The van der Waals surface area contributed by atoms with Crippen molar-refractivity contribution in [1.82, 2.24) is 4.90 Å². The summed E-state index contributed by atoms with van der Waals surface area (Å²) >= 11 is 1.56. The van der Waals surface area contributed by atoms with E-state index in [1.165, 1.54) is 0 Å². The van der Waals surface area contributed by atoms with Crippen molar-refractivity contribution in [1.29, 1.82) is 0 Å². The minimum Gasteiger partial charge on any atom is -0.493 e. The first-order valence-electron chi connectivity index (χ1n) is 8.73. The maximum atomic E-state index is 12.7. The molecule has 0 atom stereocenters. The van der Waals surface area contributed by atoms with Crippen molar-refractivity contribution in [2.75, 3.05) is 26.5 Å². The van der Waals surface area contributed by atoms with Gasteiger partial charge in [0.1, 0.15) is 0 Å². The second-order valence-corrected chi connectivity index (χ2v) is 9.02. The molecule has 0 unspecified atom stereocenters. The molecule has 6 nitrogen and oxygen atoms in total. The molecule has 0 radical (unpaired) electrons. The van der Waals surface area contributed by atoms with Crippen molar-refractivity contribution < 1.29 is 22.7 Å². The van der Waals surface area contributed by atoms with Crippen LogP contribution in [0.2, 0.25) is 0 Å². The molecule has 2 aromatic rings. The van der Waals surface area contributed by atoms with Gasteiger partial charge in [0.15, 0.2) is 21.3 Å². The molecule has 1 amide bonds. The minimum atomic E-state index is -3.41. The zero-order valence-electron chi connectivity index (χ0n) is 16.1. The molecule has 28 heavy (non-hydrogen) atoms. The molecule has 0 aliphatic heterocycles. The Bertz CT molecular complexity index is 891. The normalized spacial score (nSPS) is 11.1. The third-order valence-electron chi connectivity index (χ3n) is 4.28. The summed E-state index contributed by atoms with van der Waals surface area (Å²) in [5.41, 5.74) is 2.02. The average molecular weight is 424 g/mol. The third kappa shape index (κ3) is 6.38. The van der Waals surface area contributed by atoms with Crippen LogP contribution >= 0.6 is 11.3 Å². The van der Waals surface area contributed by atoms with Gasteiger partial charge in [0, 0.05) is 24.9 Å². The van der Waals surface area contributed by atoms with E-state index in [4.69, 9.17) is 9.47 Å². The highest BCUT2D eigenvalue weighted by Gasteiger charge is 2.17. The summed E-state index contributed by atoms with van der Waals surface area (Å²) in [6.07, 6.45) is 0.550. The summed E-state index contributed by atoms with van der Waals surface area (Å²) in [4.78, 5) is 14.4.